The van der Waals surface area contributed by atoms with Gasteiger partial charge in [0.1, 0.15) is 11.5 Å². The molecular weight excluding hydrogens is 342 g/mol. The maximum absolute atomic E-state index is 5.78. The molecule has 1 aliphatic rings. The standard InChI is InChI=1S/C13H9N.C13H10O/c2*1-3-7-12-10(5-1)9-11-6-2-4-8-13(11)14-12/h1-9H;1-8H,9H2. The fraction of sp³-hybridized carbons (Fsp3) is 0.0385. The first-order valence-corrected chi connectivity index (χ1v) is 9.45. The van der Waals surface area contributed by atoms with E-state index in [0.29, 0.717) is 0 Å². The first kappa shape index (κ1) is 16.5. The largest absolute Gasteiger partial charge is 0.457 e. The molecule has 0 saturated carbocycles. The summed E-state index contributed by atoms with van der Waals surface area (Å²) in [5.74, 6) is 1.98. The maximum atomic E-state index is 5.78. The number of hydrogen-bond acceptors (Lipinski definition) is 2. The van der Waals surface area contributed by atoms with Gasteiger partial charge in [-0.15, -0.1) is 0 Å². The van der Waals surface area contributed by atoms with E-state index >= 15 is 0 Å². The number of rotatable bonds is 0. The molecule has 0 amide bonds. The average Bonchev–Trinajstić information content (AvgIpc) is 2.76. The van der Waals surface area contributed by atoms with Gasteiger partial charge < -0.3 is 4.74 Å². The molecule has 0 spiro atoms. The van der Waals surface area contributed by atoms with Gasteiger partial charge in [0, 0.05) is 17.2 Å². The summed E-state index contributed by atoms with van der Waals surface area (Å²) >= 11 is 0. The van der Waals surface area contributed by atoms with Gasteiger partial charge in [0.05, 0.1) is 11.0 Å². The molecule has 0 unspecified atom stereocenters. The second-order valence-corrected chi connectivity index (χ2v) is 6.87. The Morgan fingerprint density at radius 3 is 1.57 bits per heavy atom. The predicted octanol–water partition coefficient (Wildman–Crippen LogP) is 6.77. The zero-order valence-corrected chi connectivity index (χ0v) is 15.4. The Morgan fingerprint density at radius 1 is 0.536 bits per heavy atom. The average molecular weight is 361 g/mol. The van der Waals surface area contributed by atoms with Crippen LogP contribution in [0.3, 0.4) is 0 Å². The Hall–Kier alpha value is -3.65. The summed E-state index contributed by atoms with van der Waals surface area (Å²) in [6.45, 7) is 0. The summed E-state index contributed by atoms with van der Waals surface area (Å²) in [4.78, 5) is 4.58. The summed E-state index contributed by atoms with van der Waals surface area (Å²) < 4.78 is 5.78. The molecule has 0 saturated heterocycles. The van der Waals surface area contributed by atoms with Gasteiger partial charge in [0.15, 0.2) is 0 Å². The summed E-state index contributed by atoms with van der Waals surface area (Å²) in [5, 5.41) is 2.40. The van der Waals surface area contributed by atoms with Crippen LogP contribution in [0.1, 0.15) is 11.1 Å². The quantitative estimate of drug-likeness (QED) is 0.278. The molecule has 1 aliphatic heterocycles. The van der Waals surface area contributed by atoms with E-state index in [-0.39, 0.29) is 0 Å². The van der Waals surface area contributed by atoms with Gasteiger partial charge in [-0.3, -0.25) is 0 Å². The van der Waals surface area contributed by atoms with Gasteiger partial charge >= 0.3 is 0 Å². The van der Waals surface area contributed by atoms with Crippen LogP contribution in [-0.2, 0) is 6.42 Å². The van der Waals surface area contributed by atoms with Gasteiger partial charge in [0.25, 0.3) is 0 Å². The third-order valence-corrected chi connectivity index (χ3v) is 4.97. The predicted molar refractivity (Wildman–Crippen MR) is 115 cm³/mol. The van der Waals surface area contributed by atoms with Crippen LogP contribution < -0.4 is 4.74 Å². The van der Waals surface area contributed by atoms with Crippen LogP contribution in [0.4, 0.5) is 0 Å². The van der Waals surface area contributed by atoms with Gasteiger partial charge in [-0.1, -0.05) is 72.8 Å². The van der Waals surface area contributed by atoms with E-state index in [1.807, 2.05) is 60.7 Å². The van der Waals surface area contributed by atoms with E-state index in [0.717, 1.165) is 29.0 Å². The number of ether oxygens (including phenoxy) is 1. The Morgan fingerprint density at radius 2 is 1.00 bits per heavy atom. The molecule has 0 bridgehead atoms. The van der Waals surface area contributed by atoms with E-state index in [1.165, 1.54) is 21.9 Å². The molecule has 1 aromatic heterocycles. The van der Waals surface area contributed by atoms with Gasteiger partial charge in [-0.25, -0.2) is 4.98 Å². The highest BCUT2D eigenvalue weighted by Gasteiger charge is 2.14. The number of para-hydroxylation sites is 4. The highest BCUT2D eigenvalue weighted by molar-refractivity contribution is 5.92. The fourth-order valence-corrected chi connectivity index (χ4v) is 3.54. The SMILES string of the molecule is c1ccc2c(c1)Cc1ccccc1O2.c1ccc2nc3ccccc3cc2c1. The summed E-state index contributed by atoms with van der Waals surface area (Å²) in [6.07, 6.45) is 0.979. The number of fused-ring (bicyclic) bond motifs is 4. The topological polar surface area (TPSA) is 22.1 Å². The van der Waals surface area contributed by atoms with Gasteiger partial charge in [-0.05, 0) is 41.5 Å². The molecule has 2 heteroatoms. The van der Waals surface area contributed by atoms with Gasteiger partial charge in [-0.2, -0.15) is 0 Å². The van der Waals surface area contributed by atoms with Crippen molar-refractivity contribution < 1.29 is 4.74 Å². The summed E-state index contributed by atoms with van der Waals surface area (Å²) in [6, 6.07) is 35.0. The molecule has 4 aromatic carbocycles. The van der Waals surface area contributed by atoms with Crippen LogP contribution in [0, 0.1) is 0 Å². The second-order valence-electron chi connectivity index (χ2n) is 6.87. The van der Waals surface area contributed by atoms with Crippen molar-refractivity contribution in [1.82, 2.24) is 4.98 Å². The first-order chi connectivity index (χ1) is 13.9. The number of aromatic nitrogens is 1. The third-order valence-electron chi connectivity index (χ3n) is 4.97. The van der Waals surface area contributed by atoms with Crippen LogP contribution in [-0.4, -0.2) is 4.98 Å². The molecule has 2 nitrogen and oxygen atoms in total. The van der Waals surface area contributed by atoms with Crippen molar-refractivity contribution in [1.29, 1.82) is 0 Å². The second kappa shape index (κ2) is 7.16. The Kier molecular flexibility index (Phi) is 4.23. The molecule has 2 heterocycles. The molecule has 0 N–H and O–H groups in total. The maximum Gasteiger partial charge on any atom is 0.130 e. The highest BCUT2D eigenvalue weighted by atomic mass is 16.5. The molecule has 0 fully saturated rings. The minimum Gasteiger partial charge on any atom is -0.457 e. The summed E-state index contributed by atoms with van der Waals surface area (Å²) in [5.41, 5.74) is 4.66. The molecule has 0 aliphatic carbocycles. The molecule has 0 radical (unpaired) electrons. The van der Waals surface area contributed by atoms with Crippen LogP contribution in [0.2, 0.25) is 0 Å². The Balaban J connectivity index is 0.000000122. The van der Waals surface area contributed by atoms with Crippen LogP contribution >= 0.6 is 0 Å². The van der Waals surface area contributed by atoms with Crippen molar-refractivity contribution in [2.75, 3.05) is 0 Å². The van der Waals surface area contributed by atoms with E-state index in [1.54, 1.807) is 0 Å². The molecule has 134 valence electrons. The minimum atomic E-state index is 0.979. The normalized spacial score (nSPS) is 11.7. The van der Waals surface area contributed by atoms with Crippen molar-refractivity contribution in [3.05, 3.63) is 114 Å². The molecular formula is C26H19NO. The van der Waals surface area contributed by atoms with Crippen LogP contribution in [0.15, 0.2) is 103 Å². The van der Waals surface area contributed by atoms with E-state index in [4.69, 9.17) is 4.74 Å². The summed E-state index contributed by atoms with van der Waals surface area (Å²) in [7, 11) is 0. The lowest BCUT2D eigenvalue weighted by molar-refractivity contribution is 0.460. The monoisotopic (exact) mass is 361 g/mol. The highest BCUT2D eigenvalue weighted by Crippen LogP contribution is 2.35. The van der Waals surface area contributed by atoms with E-state index in [9.17, 15) is 0 Å². The minimum absolute atomic E-state index is 0.979. The number of benzene rings is 4. The molecule has 28 heavy (non-hydrogen) atoms. The lowest BCUT2D eigenvalue weighted by Crippen LogP contribution is -2.01. The lowest BCUT2D eigenvalue weighted by Gasteiger charge is -2.19. The first-order valence-electron chi connectivity index (χ1n) is 9.45. The van der Waals surface area contributed by atoms with Gasteiger partial charge in [0.2, 0.25) is 0 Å². The number of pyridine rings is 1. The lowest BCUT2D eigenvalue weighted by atomic mass is 10.0. The number of hydrogen-bond donors (Lipinski definition) is 0. The van der Waals surface area contributed by atoms with Crippen molar-refractivity contribution >= 4 is 21.8 Å². The van der Waals surface area contributed by atoms with Crippen molar-refractivity contribution in [2.24, 2.45) is 0 Å². The zero-order chi connectivity index (χ0) is 18.8. The smallest absolute Gasteiger partial charge is 0.130 e. The van der Waals surface area contributed by atoms with Crippen molar-refractivity contribution in [2.45, 2.75) is 6.42 Å². The van der Waals surface area contributed by atoms with Crippen LogP contribution in [0.5, 0.6) is 11.5 Å². The van der Waals surface area contributed by atoms with Crippen LogP contribution in [0.25, 0.3) is 21.8 Å². The molecule has 5 aromatic rings. The zero-order valence-electron chi connectivity index (χ0n) is 15.4. The fourth-order valence-electron chi connectivity index (χ4n) is 3.54. The Bertz CT molecular complexity index is 1080. The number of nitrogens with zero attached hydrogens (tertiary/aromatic N) is 1. The van der Waals surface area contributed by atoms with E-state index in [2.05, 4.69) is 47.4 Å². The van der Waals surface area contributed by atoms with Crippen molar-refractivity contribution in [3.8, 4) is 11.5 Å². The Labute approximate surface area is 164 Å². The third kappa shape index (κ3) is 3.21. The molecule has 0 atom stereocenters. The van der Waals surface area contributed by atoms with Crippen molar-refractivity contribution in [3.63, 3.8) is 0 Å². The molecule has 6 rings (SSSR count). The van der Waals surface area contributed by atoms with E-state index < -0.39 is 0 Å².